The van der Waals surface area contributed by atoms with Crippen LogP contribution < -0.4 is 9.46 Å². The van der Waals surface area contributed by atoms with Gasteiger partial charge in [-0.1, -0.05) is 25.3 Å². The van der Waals surface area contributed by atoms with Crippen LogP contribution in [-0.2, 0) is 20.5 Å². The predicted octanol–water partition coefficient (Wildman–Crippen LogP) is 4.55. The van der Waals surface area contributed by atoms with E-state index in [0.717, 1.165) is 79.8 Å². The average molecular weight is 658 g/mol. The Labute approximate surface area is 276 Å². The second-order valence-electron chi connectivity index (χ2n) is 14.6. The van der Waals surface area contributed by atoms with Crippen LogP contribution in [0, 0.1) is 0 Å². The van der Waals surface area contributed by atoms with Gasteiger partial charge in [0.05, 0.1) is 18.3 Å². The molecule has 3 saturated heterocycles. The molecule has 1 aromatic heterocycles. The molecule has 2 saturated carbocycles. The van der Waals surface area contributed by atoms with E-state index in [2.05, 4.69) is 31.2 Å². The van der Waals surface area contributed by atoms with Crippen molar-refractivity contribution in [2.45, 2.75) is 81.2 Å². The zero-order valence-corrected chi connectivity index (χ0v) is 27.9. The number of hydrogen-bond donors (Lipinski definition) is 1. The number of nitrogens with zero attached hydrogens (tertiary/aromatic N) is 4. The average Bonchev–Trinajstić information content (AvgIpc) is 3.47. The summed E-state index contributed by atoms with van der Waals surface area (Å²) in [7, 11) is -2.21. The Morgan fingerprint density at radius 2 is 1.74 bits per heavy atom. The molecular weight excluding hydrogens is 614 g/mol. The SMILES string of the molecule is COc1ccc2c(c1)C1CC1(C(=O)N1CCN3CCCC3C1)n1c-2c(C2CCCCC2)c2ccc(C(=O)NS(=O)(=O)N3CCC3)cc21. The van der Waals surface area contributed by atoms with Crippen molar-refractivity contribution in [3.05, 3.63) is 53.1 Å². The number of methoxy groups -OCH3 is 1. The number of hydrogen-bond acceptors (Lipinski definition) is 6. The molecule has 3 atom stereocenters. The molecule has 1 N–H and O–H groups in total. The molecule has 47 heavy (non-hydrogen) atoms. The number of aromatic nitrogens is 1. The third-order valence-corrected chi connectivity index (χ3v) is 13.6. The molecule has 11 heteroatoms. The van der Waals surface area contributed by atoms with Crippen LogP contribution in [0.5, 0.6) is 5.75 Å². The van der Waals surface area contributed by atoms with Gasteiger partial charge in [0.25, 0.3) is 5.91 Å². The summed E-state index contributed by atoms with van der Waals surface area (Å²) in [5.74, 6) is 0.662. The minimum absolute atomic E-state index is 0.00621. The third kappa shape index (κ3) is 4.45. The first-order valence-corrected chi connectivity index (χ1v) is 19.0. The number of nitrogens with one attached hydrogen (secondary N) is 1. The molecule has 10 nitrogen and oxygen atoms in total. The smallest absolute Gasteiger partial charge is 0.304 e. The monoisotopic (exact) mass is 657 g/mol. The van der Waals surface area contributed by atoms with E-state index in [1.165, 1.54) is 41.1 Å². The van der Waals surface area contributed by atoms with Gasteiger partial charge in [-0.2, -0.15) is 12.7 Å². The van der Waals surface area contributed by atoms with Crippen molar-refractivity contribution in [2.24, 2.45) is 0 Å². The van der Waals surface area contributed by atoms with Crippen LogP contribution in [0.1, 0.15) is 91.1 Å². The quantitative estimate of drug-likeness (QED) is 0.418. The summed E-state index contributed by atoms with van der Waals surface area (Å²) in [5.41, 5.74) is 5.02. The maximum atomic E-state index is 15.1. The molecule has 5 fully saturated rings. The Morgan fingerprint density at radius 3 is 2.51 bits per heavy atom. The Morgan fingerprint density at radius 1 is 0.915 bits per heavy atom. The highest BCUT2D eigenvalue weighted by molar-refractivity contribution is 7.87. The zero-order valence-electron chi connectivity index (χ0n) is 27.0. The van der Waals surface area contributed by atoms with Crippen molar-refractivity contribution in [2.75, 3.05) is 46.4 Å². The van der Waals surface area contributed by atoms with Crippen molar-refractivity contribution >= 4 is 32.9 Å². The summed E-state index contributed by atoms with van der Waals surface area (Å²) in [4.78, 5) is 33.3. The number of fused-ring (bicyclic) bond motifs is 9. The number of amides is 2. The van der Waals surface area contributed by atoms with Crippen molar-refractivity contribution in [3.63, 3.8) is 0 Å². The number of ether oxygens (including phenoxy) is 1. The Bertz CT molecular complexity index is 1910. The molecule has 4 aliphatic heterocycles. The number of carbonyl (C=O) groups excluding carboxylic acids is 2. The molecule has 0 radical (unpaired) electrons. The lowest BCUT2D eigenvalue weighted by atomic mass is 9.80. The highest BCUT2D eigenvalue weighted by Crippen LogP contribution is 2.67. The first-order chi connectivity index (χ1) is 22.8. The highest BCUT2D eigenvalue weighted by atomic mass is 32.2. The van der Waals surface area contributed by atoms with Gasteiger partial charge in [-0.05, 0) is 92.4 Å². The molecular formula is C36H43N5O5S. The molecule has 6 aliphatic rings. The molecule has 3 unspecified atom stereocenters. The van der Waals surface area contributed by atoms with E-state index >= 15 is 4.79 Å². The van der Waals surface area contributed by atoms with E-state index in [9.17, 15) is 13.2 Å². The fraction of sp³-hybridized carbons (Fsp3) is 0.556. The number of carbonyl (C=O) groups is 2. The van der Waals surface area contributed by atoms with Gasteiger partial charge in [0.2, 0.25) is 5.91 Å². The van der Waals surface area contributed by atoms with E-state index in [1.54, 1.807) is 13.2 Å². The fourth-order valence-electron chi connectivity index (χ4n) is 9.53. The normalized spacial score (nSPS) is 27.4. The second-order valence-corrected chi connectivity index (χ2v) is 16.2. The summed E-state index contributed by atoms with van der Waals surface area (Å²) in [6, 6.07) is 12.3. The standard InChI is InChI=1S/C36H43N5O5S/c1-46-26-11-13-27-29(20-26)30-21-36(30,35(43)39-18-17-38-14-5-9-25(38)22-39)41-31-19-24(34(42)37-47(44,45)40-15-6-16-40)10-12-28(31)32(33(27)41)23-7-3-2-4-8-23/h10-13,19-20,23,25,30H,2-9,14-18,21-22H2,1H3,(H,37,42). The van der Waals surface area contributed by atoms with Crippen LogP contribution in [0.3, 0.4) is 0 Å². The Kier molecular flexibility index (Phi) is 6.83. The molecule has 5 heterocycles. The Hall–Kier alpha value is -3.41. The van der Waals surface area contributed by atoms with E-state index in [1.807, 2.05) is 18.2 Å². The third-order valence-electron chi connectivity index (χ3n) is 12.1. The molecule has 2 aliphatic carbocycles. The summed E-state index contributed by atoms with van der Waals surface area (Å²) < 4.78 is 37.3. The van der Waals surface area contributed by atoms with E-state index < -0.39 is 21.7 Å². The minimum Gasteiger partial charge on any atom is -0.497 e. The summed E-state index contributed by atoms with van der Waals surface area (Å²) >= 11 is 0. The van der Waals surface area contributed by atoms with Gasteiger partial charge in [-0.3, -0.25) is 14.5 Å². The molecule has 0 spiro atoms. The number of benzene rings is 2. The predicted molar refractivity (Wildman–Crippen MR) is 179 cm³/mol. The minimum atomic E-state index is -3.90. The lowest BCUT2D eigenvalue weighted by Gasteiger charge is -2.41. The first kappa shape index (κ1) is 29.7. The topological polar surface area (TPSA) is 104 Å². The zero-order chi connectivity index (χ0) is 32.1. The number of piperazine rings is 1. The second kappa shape index (κ2) is 10.8. The Balaban J connectivity index is 1.23. The maximum absolute atomic E-state index is 15.1. The summed E-state index contributed by atoms with van der Waals surface area (Å²) in [6.07, 6.45) is 9.53. The maximum Gasteiger partial charge on any atom is 0.304 e. The van der Waals surface area contributed by atoms with Crippen molar-refractivity contribution < 1.29 is 22.7 Å². The van der Waals surface area contributed by atoms with E-state index in [0.29, 0.717) is 31.5 Å². The van der Waals surface area contributed by atoms with Gasteiger partial charge in [-0.15, -0.1) is 0 Å². The van der Waals surface area contributed by atoms with Gasteiger partial charge in [0.15, 0.2) is 0 Å². The molecule has 9 rings (SSSR count). The van der Waals surface area contributed by atoms with Crippen LogP contribution in [0.4, 0.5) is 0 Å². The van der Waals surface area contributed by atoms with Crippen molar-refractivity contribution in [1.29, 1.82) is 0 Å². The highest BCUT2D eigenvalue weighted by Gasteiger charge is 2.67. The largest absolute Gasteiger partial charge is 0.497 e. The van der Waals surface area contributed by atoms with Gasteiger partial charge < -0.3 is 14.2 Å². The van der Waals surface area contributed by atoms with Crippen LogP contribution in [0.15, 0.2) is 36.4 Å². The molecule has 248 valence electrons. The van der Waals surface area contributed by atoms with E-state index in [4.69, 9.17) is 4.74 Å². The van der Waals surface area contributed by atoms with Gasteiger partial charge in [0, 0.05) is 61.2 Å². The van der Waals surface area contributed by atoms with Crippen LogP contribution in [-0.4, -0.2) is 91.3 Å². The lowest BCUT2D eigenvalue weighted by molar-refractivity contribution is -0.139. The van der Waals surface area contributed by atoms with Crippen molar-refractivity contribution in [1.82, 2.24) is 23.4 Å². The fourth-order valence-corrected chi connectivity index (χ4v) is 10.7. The van der Waals surface area contributed by atoms with Crippen LogP contribution >= 0.6 is 0 Å². The van der Waals surface area contributed by atoms with E-state index in [-0.39, 0.29) is 17.4 Å². The number of rotatable bonds is 6. The summed E-state index contributed by atoms with van der Waals surface area (Å²) in [5, 5.41) is 1.07. The first-order valence-electron chi connectivity index (χ1n) is 17.5. The summed E-state index contributed by atoms with van der Waals surface area (Å²) in [6.45, 7) is 4.34. The van der Waals surface area contributed by atoms with Gasteiger partial charge in [-0.25, -0.2) is 4.72 Å². The molecule has 2 amide bonds. The van der Waals surface area contributed by atoms with Gasteiger partial charge >= 0.3 is 10.2 Å². The molecule has 2 aromatic carbocycles. The van der Waals surface area contributed by atoms with Crippen molar-refractivity contribution in [3.8, 4) is 17.0 Å². The molecule has 3 aromatic rings. The van der Waals surface area contributed by atoms with Crippen LogP contribution in [0.25, 0.3) is 22.2 Å². The van der Waals surface area contributed by atoms with Crippen LogP contribution in [0.2, 0.25) is 0 Å². The lowest BCUT2D eigenvalue weighted by Crippen LogP contribution is -2.55. The molecule has 0 bridgehead atoms. The van der Waals surface area contributed by atoms with Gasteiger partial charge in [0.1, 0.15) is 11.3 Å².